The van der Waals surface area contributed by atoms with Crippen LogP contribution in [0.15, 0.2) is 0 Å². The van der Waals surface area contributed by atoms with Gasteiger partial charge in [0.1, 0.15) is 18.3 Å². The zero-order valence-electron chi connectivity index (χ0n) is 11.8. The van der Waals surface area contributed by atoms with Crippen molar-refractivity contribution in [3.63, 3.8) is 0 Å². The van der Waals surface area contributed by atoms with E-state index in [4.69, 9.17) is 40.9 Å². The molecule has 0 aliphatic heterocycles. The maximum Gasteiger partial charge on any atom is 0.335 e. The molecule has 0 radical (unpaired) electrons. The highest BCUT2D eigenvalue weighted by Gasteiger charge is 2.33. The van der Waals surface area contributed by atoms with E-state index in [2.05, 4.69) is 0 Å². The third-order valence-corrected chi connectivity index (χ3v) is 2.47. The molecule has 0 rings (SSSR count). The monoisotopic (exact) mass is 315 g/mol. The molecule has 0 amide bonds. The Balaban J connectivity index is 0. The van der Waals surface area contributed by atoms with E-state index in [9.17, 15) is 4.79 Å². The summed E-state index contributed by atoms with van der Waals surface area (Å²) in [5, 5.41) is 68.5. The first-order valence-electron chi connectivity index (χ1n) is 6.19. The smallest absolute Gasteiger partial charge is 0.335 e. The maximum absolute atomic E-state index is 10.1. The second-order valence-corrected chi connectivity index (χ2v) is 4.26. The van der Waals surface area contributed by atoms with E-state index >= 15 is 0 Å². The molecule has 0 aliphatic carbocycles. The minimum Gasteiger partial charge on any atom is -0.479 e. The number of carboxylic acids is 1. The lowest BCUT2D eigenvalue weighted by Crippen LogP contribution is -2.48. The van der Waals surface area contributed by atoms with Crippen LogP contribution in [0.2, 0.25) is 0 Å². The molecule has 0 aromatic carbocycles. The van der Waals surface area contributed by atoms with E-state index in [1.54, 1.807) is 0 Å². The molecule has 4 atom stereocenters. The number of aliphatic hydroxyl groups is 7. The predicted octanol–water partition coefficient (Wildman–Crippen LogP) is -4.59. The number of hydrogen-bond donors (Lipinski definition) is 8. The molecule has 0 saturated heterocycles. The van der Waals surface area contributed by atoms with Gasteiger partial charge in [-0.3, -0.25) is 0 Å². The van der Waals surface area contributed by atoms with Crippen molar-refractivity contribution in [2.75, 3.05) is 40.0 Å². The van der Waals surface area contributed by atoms with Gasteiger partial charge in [0.15, 0.2) is 6.10 Å². The summed E-state index contributed by atoms with van der Waals surface area (Å²) in [4.78, 5) is 12.0. The van der Waals surface area contributed by atoms with Crippen LogP contribution in [0.3, 0.4) is 0 Å². The van der Waals surface area contributed by atoms with Crippen LogP contribution in [0.4, 0.5) is 0 Å². The maximum atomic E-state index is 10.1. The number of aliphatic carboxylic acids is 1. The standard InChI is InChI=1S/C6H12O7.C5H13NO2/c7-1-2(8)3(9)4(10)5(11)6(12)13;1-6(2-4-7)3-5-8/h2-5,7-11H,1H2,(H,12,13);7-8H,2-5H2,1H3. The van der Waals surface area contributed by atoms with Crippen molar-refractivity contribution in [2.45, 2.75) is 24.4 Å². The minimum absolute atomic E-state index is 0.163. The van der Waals surface area contributed by atoms with Gasteiger partial charge in [0.25, 0.3) is 0 Å². The molecular formula is C11H25NO9. The molecule has 0 spiro atoms. The van der Waals surface area contributed by atoms with Crippen molar-refractivity contribution >= 4 is 5.97 Å². The van der Waals surface area contributed by atoms with Gasteiger partial charge in [-0.2, -0.15) is 0 Å². The van der Waals surface area contributed by atoms with E-state index in [0.717, 1.165) is 0 Å². The number of carboxylic acid groups (broad SMARTS) is 1. The molecular weight excluding hydrogens is 290 g/mol. The number of rotatable bonds is 9. The van der Waals surface area contributed by atoms with Crippen molar-refractivity contribution < 1.29 is 45.6 Å². The molecule has 0 bridgehead atoms. The van der Waals surface area contributed by atoms with Gasteiger partial charge in [0.2, 0.25) is 0 Å². The summed E-state index contributed by atoms with van der Waals surface area (Å²) in [6.07, 6.45) is -7.84. The summed E-state index contributed by atoms with van der Waals surface area (Å²) in [6.45, 7) is 0.763. The van der Waals surface area contributed by atoms with Crippen molar-refractivity contribution in [3.05, 3.63) is 0 Å². The highest BCUT2D eigenvalue weighted by atomic mass is 16.4. The Labute approximate surface area is 122 Å². The number of nitrogens with zero attached hydrogens (tertiary/aromatic N) is 1. The predicted molar refractivity (Wildman–Crippen MR) is 70.4 cm³/mol. The second-order valence-electron chi connectivity index (χ2n) is 4.26. The molecule has 0 aliphatic rings. The average Bonchev–Trinajstić information content (AvgIpc) is 2.45. The van der Waals surface area contributed by atoms with Crippen LogP contribution in [0.25, 0.3) is 0 Å². The summed E-state index contributed by atoms with van der Waals surface area (Å²) < 4.78 is 0. The Hall–Kier alpha value is -0.850. The normalized spacial score (nSPS) is 16.6. The minimum atomic E-state index is -2.20. The summed E-state index contributed by atoms with van der Waals surface area (Å²) in [5.41, 5.74) is 0. The molecule has 8 N–H and O–H groups in total. The first kappa shape index (κ1) is 22.4. The van der Waals surface area contributed by atoms with Crippen LogP contribution in [0, 0.1) is 0 Å². The Morgan fingerprint density at radius 1 is 0.952 bits per heavy atom. The van der Waals surface area contributed by atoms with Crippen LogP contribution in [-0.4, -0.2) is 116 Å². The third kappa shape index (κ3) is 10.5. The van der Waals surface area contributed by atoms with Gasteiger partial charge in [0.05, 0.1) is 19.8 Å². The van der Waals surface area contributed by atoms with Gasteiger partial charge in [-0.05, 0) is 7.05 Å². The van der Waals surface area contributed by atoms with Gasteiger partial charge in [-0.15, -0.1) is 0 Å². The van der Waals surface area contributed by atoms with Gasteiger partial charge in [-0.25, -0.2) is 4.79 Å². The molecule has 21 heavy (non-hydrogen) atoms. The first-order chi connectivity index (χ1) is 9.72. The molecule has 0 aromatic heterocycles. The zero-order chi connectivity index (χ0) is 17.0. The van der Waals surface area contributed by atoms with Gasteiger partial charge >= 0.3 is 5.97 Å². The largest absolute Gasteiger partial charge is 0.479 e. The number of hydrogen-bond acceptors (Lipinski definition) is 9. The number of aliphatic hydroxyl groups excluding tert-OH is 7. The van der Waals surface area contributed by atoms with Crippen LogP contribution >= 0.6 is 0 Å². The second kappa shape index (κ2) is 12.9. The van der Waals surface area contributed by atoms with Crippen molar-refractivity contribution in [1.29, 1.82) is 0 Å². The Bertz CT molecular complexity index is 260. The highest BCUT2D eigenvalue weighted by Crippen LogP contribution is 2.04. The van der Waals surface area contributed by atoms with Gasteiger partial charge in [0, 0.05) is 13.1 Å². The fraction of sp³-hybridized carbons (Fsp3) is 0.909. The Morgan fingerprint density at radius 3 is 1.67 bits per heavy atom. The Morgan fingerprint density at radius 2 is 1.38 bits per heavy atom. The van der Waals surface area contributed by atoms with E-state index < -0.39 is 37.0 Å². The SMILES string of the molecule is CN(CCO)CCO.O=C(O)C(O)C(O)C(O)C(O)CO. The Kier molecular flexibility index (Phi) is 13.7. The lowest BCUT2D eigenvalue weighted by atomic mass is 10.0. The fourth-order valence-corrected chi connectivity index (χ4v) is 1.12. The summed E-state index contributed by atoms with van der Waals surface area (Å²) in [6, 6.07) is 0. The first-order valence-corrected chi connectivity index (χ1v) is 6.19. The fourth-order valence-electron chi connectivity index (χ4n) is 1.12. The van der Waals surface area contributed by atoms with E-state index in [0.29, 0.717) is 13.1 Å². The lowest BCUT2D eigenvalue weighted by Gasteiger charge is -2.23. The lowest BCUT2D eigenvalue weighted by molar-refractivity contribution is -0.164. The van der Waals surface area contributed by atoms with E-state index in [-0.39, 0.29) is 13.2 Å². The summed E-state index contributed by atoms with van der Waals surface area (Å²) in [5.74, 6) is -1.73. The van der Waals surface area contributed by atoms with Crippen LogP contribution in [0.1, 0.15) is 0 Å². The molecule has 0 heterocycles. The van der Waals surface area contributed by atoms with Crippen molar-refractivity contribution in [3.8, 4) is 0 Å². The van der Waals surface area contributed by atoms with E-state index in [1.165, 1.54) is 0 Å². The van der Waals surface area contributed by atoms with Crippen LogP contribution in [0.5, 0.6) is 0 Å². The highest BCUT2D eigenvalue weighted by molar-refractivity contribution is 5.72. The molecule has 0 fully saturated rings. The van der Waals surface area contributed by atoms with Crippen LogP contribution in [-0.2, 0) is 4.79 Å². The molecule has 10 heteroatoms. The number of carbonyl (C=O) groups is 1. The third-order valence-electron chi connectivity index (χ3n) is 2.47. The number of likely N-dealkylation sites (N-methyl/N-ethyl adjacent to an activating group) is 1. The van der Waals surface area contributed by atoms with Gasteiger partial charge in [-0.1, -0.05) is 0 Å². The molecule has 4 unspecified atom stereocenters. The van der Waals surface area contributed by atoms with Crippen LogP contribution < -0.4 is 0 Å². The average molecular weight is 315 g/mol. The summed E-state index contributed by atoms with van der Waals surface area (Å²) >= 11 is 0. The van der Waals surface area contributed by atoms with E-state index in [1.807, 2.05) is 11.9 Å². The topological polar surface area (TPSA) is 182 Å². The van der Waals surface area contributed by atoms with Crippen molar-refractivity contribution in [2.24, 2.45) is 0 Å². The quantitative estimate of drug-likeness (QED) is 0.206. The molecule has 0 aromatic rings. The summed E-state index contributed by atoms with van der Waals surface area (Å²) in [7, 11) is 1.85. The molecule has 128 valence electrons. The molecule has 10 nitrogen and oxygen atoms in total. The molecule has 0 saturated carbocycles. The zero-order valence-corrected chi connectivity index (χ0v) is 11.8. The van der Waals surface area contributed by atoms with Gasteiger partial charge < -0.3 is 45.8 Å². The van der Waals surface area contributed by atoms with Crippen molar-refractivity contribution in [1.82, 2.24) is 4.90 Å².